The maximum atomic E-state index is 12.2. The highest BCUT2D eigenvalue weighted by Crippen LogP contribution is 2.24. The fourth-order valence-corrected chi connectivity index (χ4v) is 2.52. The Morgan fingerprint density at radius 1 is 1.08 bits per heavy atom. The number of hydrogen-bond donors (Lipinski definition) is 0. The summed E-state index contributed by atoms with van der Waals surface area (Å²) >= 11 is 0. The van der Waals surface area contributed by atoms with Gasteiger partial charge in [0, 0.05) is 17.7 Å². The van der Waals surface area contributed by atoms with Gasteiger partial charge in [-0.2, -0.15) is 5.10 Å². The summed E-state index contributed by atoms with van der Waals surface area (Å²) in [6.07, 6.45) is 1.56. The molecule has 0 fully saturated rings. The zero-order chi connectivity index (χ0) is 16.5. The maximum absolute atomic E-state index is 12.2. The van der Waals surface area contributed by atoms with E-state index in [9.17, 15) is 4.79 Å². The van der Waals surface area contributed by atoms with Crippen LogP contribution in [0.4, 0.5) is 0 Å². The number of fused-ring (bicyclic) bond motifs is 1. The van der Waals surface area contributed by atoms with E-state index in [4.69, 9.17) is 9.15 Å². The molecule has 0 atom stereocenters. The molecule has 118 valence electrons. The summed E-state index contributed by atoms with van der Waals surface area (Å²) < 4.78 is 11.7. The zero-order valence-electron chi connectivity index (χ0n) is 12.8. The van der Waals surface area contributed by atoms with Crippen LogP contribution in [0.3, 0.4) is 0 Å². The van der Waals surface area contributed by atoms with Crippen molar-refractivity contribution < 1.29 is 13.9 Å². The quantitative estimate of drug-likeness (QED) is 0.541. The van der Waals surface area contributed by atoms with Gasteiger partial charge in [-0.25, -0.2) is 14.3 Å². The second-order valence-electron chi connectivity index (χ2n) is 5.16. The molecule has 4 aromatic rings. The number of methoxy groups -OCH3 is 1. The molecule has 0 radical (unpaired) electrons. The summed E-state index contributed by atoms with van der Waals surface area (Å²) in [5.74, 6) is 0.0861. The molecule has 6 nitrogen and oxygen atoms in total. The number of carbonyl (C=O) groups excluding carboxylic acids is 1. The van der Waals surface area contributed by atoms with Crippen LogP contribution in [0, 0.1) is 0 Å². The number of benzene rings is 1. The minimum absolute atomic E-state index is 0.288. The molecule has 3 aromatic heterocycles. The first-order valence-electron chi connectivity index (χ1n) is 7.35. The highest BCUT2D eigenvalue weighted by atomic mass is 16.5. The minimum atomic E-state index is -0.488. The molecule has 6 heteroatoms. The van der Waals surface area contributed by atoms with Crippen molar-refractivity contribution >= 4 is 11.6 Å². The molecule has 0 aliphatic heterocycles. The fourth-order valence-electron chi connectivity index (χ4n) is 2.52. The van der Waals surface area contributed by atoms with Crippen molar-refractivity contribution in [2.75, 3.05) is 7.11 Å². The Morgan fingerprint density at radius 2 is 1.92 bits per heavy atom. The maximum Gasteiger partial charge on any atom is 0.356 e. The van der Waals surface area contributed by atoms with Gasteiger partial charge < -0.3 is 9.15 Å². The lowest BCUT2D eigenvalue weighted by Gasteiger charge is -2.04. The molecule has 0 N–H and O–H groups in total. The van der Waals surface area contributed by atoms with Crippen LogP contribution in [-0.4, -0.2) is 27.7 Å². The molecule has 1 aromatic carbocycles. The summed E-state index contributed by atoms with van der Waals surface area (Å²) in [6, 6.07) is 16.7. The van der Waals surface area contributed by atoms with Gasteiger partial charge in [-0.1, -0.05) is 30.3 Å². The number of furan rings is 1. The van der Waals surface area contributed by atoms with Gasteiger partial charge in [0.15, 0.2) is 17.1 Å². The predicted molar refractivity (Wildman–Crippen MR) is 87.5 cm³/mol. The highest BCUT2D eigenvalue weighted by molar-refractivity contribution is 5.89. The van der Waals surface area contributed by atoms with Gasteiger partial charge in [-0.15, -0.1) is 0 Å². The Balaban J connectivity index is 1.95. The van der Waals surface area contributed by atoms with E-state index < -0.39 is 5.97 Å². The molecule has 0 unspecified atom stereocenters. The van der Waals surface area contributed by atoms with E-state index in [0.29, 0.717) is 17.1 Å². The molecular formula is C18H13N3O3. The molecule has 0 saturated carbocycles. The number of carbonyl (C=O) groups is 1. The normalized spacial score (nSPS) is 10.9. The second kappa shape index (κ2) is 5.66. The van der Waals surface area contributed by atoms with Gasteiger partial charge in [0.1, 0.15) is 5.69 Å². The van der Waals surface area contributed by atoms with E-state index in [2.05, 4.69) is 10.1 Å². The Kier molecular flexibility index (Phi) is 3.35. The monoisotopic (exact) mass is 319 g/mol. The van der Waals surface area contributed by atoms with E-state index in [1.807, 2.05) is 36.4 Å². The van der Waals surface area contributed by atoms with Gasteiger partial charge in [0.05, 0.1) is 19.1 Å². The zero-order valence-corrected chi connectivity index (χ0v) is 12.8. The molecule has 0 aliphatic rings. The fraction of sp³-hybridized carbons (Fsp3) is 0.0556. The number of ether oxygens (including phenoxy) is 1. The Morgan fingerprint density at radius 3 is 2.62 bits per heavy atom. The molecule has 24 heavy (non-hydrogen) atoms. The van der Waals surface area contributed by atoms with Gasteiger partial charge >= 0.3 is 5.97 Å². The predicted octanol–water partition coefficient (Wildman–Crippen LogP) is 3.44. The van der Waals surface area contributed by atoms with E-state index >= 15 is 0 Å². The average molecular weight is 319 g/mol. The third-order valence-corrected chi connectivity index (χ3v) is 3.66. The second-order valence-corrected chi connectivity index (χ2v) is 5.16. The Bertz CT molecular complexity index is 1000. The number of rotatable bonds is 3. The average Bonchev–Trinajstić information content (AvgIpc) is 3.30. The molecule has 0 bridgehead atoms. The number of nitrogens with zero attached hydrogens (tertiary/aromatic N) is 3. The molecule has 0 amide bonds. The van der Waals surface area contributed by atoms with Crippen LogP contribution in [0.25, 0.3) is 28.4 Å². The molecule has 3 heterocycles. The molecule has 0 saturated heterocycles. The van der Waals surface area contributed by atoms with Crippen LogP contribution in [0.15, 0.2) is 65.3 Å². The molecular weight excluding hydrogens is 306 g/mol. The van der Waals surface area contributed by atoms with Gasteiger partial charge in [0.25, 0.3) is 0 Å². The van der Waals surface area contributed by atoms with Crippen molar-refractivity contribution in [2.45, 2.75) is 0 Å². The standard InChI is InChI=1S/C18H13N3O3/c1-23-18(22)15-10-14(16-8-5-9-24-16)19-17-11-13(20-21(15)17)12-6-3-2-4-7-12/h2-11H,1H3. The summed E-state index contributed by atoms with van der Waals surface area (Å²) in [4.78, 5) is 16.7. The highest BCUT2D eigenvalue weighted by Gasteiger charge is 2.18. The topological polar surface area (TPSA) is 69.6 Å². The summed E-state index contributed by atoms with van der Waals surface area (Å²) in [5, 5.41) is 4.50. The van der Waals surface area contributed by atoms with Gasteiger partial charge in [0.2, 0.25) is 0 Å². The lowest BCUT2D eigenvalue weighted by Crippen LogP contribution is -2.10. The lowest BCUT2D eigenvalue weighted by atomic mass is 10.2. The Hall–Kier alpha value is -3.41. The van der Waals surface area contributed by atoms with Crippen LogP contribution in [0.1, 0.15) is 10.5 Å². The molecule has 4 rings (SSSR count). The smallest absolute Gasteiger partial charge is 0.356 e. The first-order chi connectivity index (χ1) is 11.8. The van der Waals surface area contributed by atoms with Crippen molar-refractivity contribution in [3.8, 4) is 22.7 Å². The number of hydrogen-bond acceptors (Lipinski definition) is 5. The van der Waals surface area contributed by atoms with E-state index in [-0.39, 0.29) is 5.69 Å². The number of esters is 1. The van der Waals surface area contributed by atoms with Gasteiger partial charge in [-0.3, -0.25) is 0 Å². The van der Waals surface area contributed by atoms with Crippen molar-refractivity contribution in [3.05, 3.63) is 66.6 Å². The first kappa shape index (κ1) is 14.2. The largest absolute Gasteiger partial charge is 0.464 e. The van der Waals surface area contributed by atoms with E-state index in [1.54, 1.807) is 24.5 Å². The van der Waals surface area contributed by atoms with Crippen molar-refractivity contribution in [3.63, 3.8) is 0 Å². The third-order valence-electron chi connectivity index (χ3n) is 3.66. The Labute approximate surface area is 137 Å². The SMILES string of the molecule is COC(=O)c1cc(-c2ccco2)nc2cc(-c3ccccc3)nn12. The van der Waals surface area contributed by atoms with Crippen LogP contribution in [0.5, 0.6) is 0 Å². The van der Waals surface area contributed by atoms with Gasteiger partial charge in [-0.05, 0) is 12.1 Å². The third kappa shape index (κ3) is 2.34. The molecule has 0 aliphatic carbocycles. The van der Waals surface area contributed by atoms with E-state index in [1.165, 1.54) is 11.6 Å². The van der Waals surface area contributed by atoms with Crippen LogP contribution >= 0.6 is 0 Å². The lowest BCUT2D eigenvalue weighted by molar-refractivity contribution is 0.0590. The first-order valence-corrected chi connectivity index (χ1v) is 7.35. The van der Waals surface area contributed by atoms with Crippen molar-refractivity contribution in [1.29, 1.82) is 0 Å². The van der Waals surface area contributed by atoms with Crippen LogP contribution < -0.4 is 0 Å². The summed E-state index contributed by atoms with van der Waals surface area (Å²) in [5.41, 5.74) is 3.05. The van der Waals surface area contributed by atoms with Crippen LogP contribution in [0.2, 0.25) is 0 Å². The number of aromatic nitrogens is 3. The van der Waals surface area contributed by atoms with Crippen LogP contribution in [-0.2, 0) is 4.74 Å². The van der Waals surface area contributed by atoms with Crippen molar-refractivity contribution in [1.82, 2.24) is 14.6 Å². The van der Waals surface area contributed by atoms with E-state index in [0.717, 1.165) is 11.3 Å². The summed E-state index contributed by atoms with van der Waals surface area (Å²) in [7, 11) is 1.34. The summed E-state index contributed by atoms with van der Waals surface area (Å²) in [6.45, 7) is 0. The minimum Gasteiger partial charge on any atom is -0.464 e. The molecule has 0 spiro atoms. The van der Waals surface area contributed by atoms with Crippen molar-refractivity contribution in [2.24, 2.45) is 0 Å².